The Morgan fingerprint density at radius 3 is 2.45 bits per heavy atom. The van der Waals surface area contributed by atoms with Gasteiger partial charge in [-0.2, -0.15) is 0 Å². The van der Waals surface area contributed by atoms with Crippen molar-refractivity contribution in [3.63, 3.8) is 0 Å². The highest BCUT2D eigenvalue weighted by Crippen LogP contribution is 2.40. The first-order valence-electron chi connectivity index (χ1n) is 6.70. The van der Waals surface area contributed by atoms with Crippen molar-refractivity contribution < 1.29 is 0 Å². The molecule has 2 aliphatic rings. The van der Waals surface area contributed by atoms with Gasteiger partial charge in [0.25, 0.3) is 0 Å². The molecular formula is C18H18N2. The summed E-state index contributed by atoms with van der Waals surface area (Å²) in [7, 11) is 0. The van der Waals surface area contributed by atoms with Crippen LogP contribution in [0.4, 0.5) is 0 Å². The molecule has 2 nitrogen and oxygen atoms in total. The molecule has 0 aromatic carbocycles. The molecule has 0 saturated heterocycles. The normalized spacial score (nSPS) is 19.6. The Kier molecular flexibility index (Phi) is 2.87. The van der Waals surface area contributed by atoms with E-state index in [2.05, 4.69) is 42.7 Å². The van der Waals surface area contributed by atoms with Gasteiger partial charge in [0.05, 0.1) is 0 Å². The van der Waals surface area contributed by atoms with Gasteiger partial charge in [-0.1, -0.05) is 38.5 Å². The third-order valence-corrected chi connectivity index (χ3v) is 4.09. The molecule has 2 N–H and O–H groups in total. The molecule has 1 aliphatic carbocycles. The third-order valence-electron chi connectivity index (χ3n) is 4.09. The van der Waals surface area contributed by atoms with E-state index in [9.17, 15) is 0 Å². The van der Waals surface area contributed by atoms with Crippen LogP contribution in [0.5, 0.6) is 0 Å². The van der Waals surface area contributed by atoms with E-state index in [1.807, 2.05) is 24.3 Å². The predicted octanol–water partition coefficient (Wildman–Crippen LogP) is 4.04. The van der Waals surface area contributed by atoms with Crippen molar-refractivity contribution in [2.45, 2.75) is 6.42 Å². The van der Waals surface area contributed by atoms with Crippen LogP contribution in [-0.4, -0.2) is 4.98 Å². The standard InChI is InChI=1S/C18H18N2/c1-5-11-13-9-14-12(6-2)16(8-4)20-18(14)10-17(13)19-15(11)7-3/h5-8,10,13,19-20H,1-4,9H2. The van der Waals surface area contributed by atoms with Gasteiger partial charge in [-0.05, 0) is 35.8 Å². The molecule has 1 aromatic heterocycles. The highest BCUT2D eigenvalue weighted by Gasteiger charge is 2.32. The Morgan fingerprint density at radius 1 is 1.05 bits per heavy atom. The number of hydrogen-bond donors (Lipinski definition) is 2. The fourth-order valence-corrected chi connectivity index (χ4v) is 3.14. The molecule has 0 fully saturated rings. The molecule has 2 heteroatoms. The molecule has 1 aromatic rings. The largest absolute Gasteiger partial charge is 0.358 e. The van der Waals surface area contributed by atoms with Gasteiger partial charge >= 0.3 is 0 Å². The molecule has 0 saturated carbocycles. The van der Waals surface area contributed by atoms with Crippen LogP contribution >= 0.6 is 0 Å². The number of H-pyrrole nitrogens is 1. The maximum atomic E-state index is 3.93. The zero-order chi connectivity index (χ0) is 14.3. The van der Waals surface area contributed by atoms with Crippen molar-refractivity contribution in [2.24, 2.45) is 5.92 Å². The summed E-state index contributed by atoms with van der Waals surface area (Å²) in [5.74, 6) is 0.333. The summed E-state index contributed by atoms with van der Waals surface area (Å²) in [6.45, 7) is 15.6. The number of allylic oxidation sites excluding steroid dienone is 3. The van der Waals surface area contributed by atoms with E-state index in [0.717, 1.165) is 29.1 Å². The molecule has 3 rings (SSSR count). The Bertz CT molecular complexity index is 695. The molecular weight excluding hydrogens is 244 g/mol. The lowest BCUT2D eigenvalue weighted by Crippen LogP contribution is -2.16. The molecule has 0 radical (unpaired) electrons. The molecule has 20 heavy (non-hydrogen) atoms. The van der Waals surface area contributed by atoms with E-state index < -0.39 is 0 Å². The summed E-state index contributed by atoms with van der Waals surface area (Å²) in [6.07, 6.45) is 10.6. The molecule has 2 heterocycles. The van der Waals surface area contributed by atoms with Crippen LogP contribution in [0, 0.1) is 5.92 Å². The van der Waals surface area contributed by atoms with Crippen LogP contribution in [0.25, 0.3) is 18.2 Å². The minimum Gasteiger partial charge on any atom is -0.358 e. The Balaban J connectivity index is 2.12. The van der Waals surface area contributed by atoms with Gasteiger partial charge in [0.2, 0.25) is 0 Å². The summed E-state index contributed by atoms with van der Waals surface area (Å²) in [4.78, 5) is 3.41. The predicted molar refractivity (Wildman–Crippen MR) is 86.7 cm³/mol. The summed E-state index contributed by atoms with van der Waals surface area (Å²) in [5, 5.41) is 3.43. The molecule has 1 aliphatic heterocycles. The Morgan fingerprint density at radius 2 is 1.85 bits per heavy atom. The van der Waals surface area contributed by atoms with Crippen molar-refractivity contribution in [2.75, 3.05) is 0 Å². The summed E-state index contributed by atoms with van der Waals surface area (Å²) >= 11 is 0. The van der Waals surface area contributed by atoms with Gasteiger partial charge in [0.1, 0.15) is 0 Å². The lowest BCUT2D eigenvalue weighted by molar-refractivity contribution is 0.717. The minimum atomic E-state index is 0.333. The Hall–Kier alpha value is -2.48. The van der Waals surface area contributed by atoms with Crippen LogP contribution in [-0.2, 0) is 6.42 Å². The van der Waals surface area contributed by atoms with Crippen LogP contribution in [0.1, 0.15) is 22.5 Å². The van der Waals surface area contributed by atoms with Crippen LogP contribution in [0.15, 0.2) is 55.4 Å². The average Bonchev–Trinajstić information content (AvgIpc) is 3.00. The number of rotatable bonds is 4. The van der Waals surface area contributed by atoms with E-state index in [0.29, 0.717) is 5.92 Å². The Labute approximate surface area is 119 Å². The fourth-order valence-electron chi connectivity index (χ4n) is 3.14. The second kappa shape index (κ2) is 4.57. The van der Waals surface area contributed by atoms with Crippen LogP contribution in [0.2, 0.25) is 0 Å². The fraction of sp³-hybridized carbons (Fsp3) is 0.111. The number of nitrogens with one attached hydrogen (secondary N) is 2. The van der Waals surface area contributed by atoms with Crippen molar-refractivity contribution in [1.82, 2.24) is 10.3 Å². The van der Waals surface area contributed by atoms with Gasteiger partial charge < -0.3 is 10.3 Å². The SMILES string of the molecule is C=CC1=C(C=C)C2Cc3c([nH]c(C=C)c3C=C)C=C2N1. The van der Waals surface area contributed by atoms with Crippen LogP contribution in [0.3, 0.4) is 0 Å². The number of aromatic nitrogens is 1. The first-order chi connectivity index (χ1) is 9.73. The van der Waals surface area contributed by atoms with Crippen molar-refractivity contribution >= 4 is 18.2 Å². The van der Waals surface area contributed by atoms with Gasteiger partial charge in [-0.3, -0.25) is 0 Å². The average molecular weight is 262 g/mol. The number of aromatic amines is 1. The molecule has 1 unspecified atom stereocenters. The van der Waals surface area contributed by atoms with Gasteiger partial charge in [-0.15, -0.1) is 0 Å². The smallest absolute Gasteiger partial charge is 0.0455 e. The first-order valence-corrected chi connectivity index (χ1v) is 6.70. The minimum absolute atomic E-state index is 0.333. The second-order valence-electron chi connectivity index (χ2n) is 5.01. The summed E-state index contributed by atoms with van der Waals surface area (Å²) in [5.41, 5.74) is 8.11. The molecule has 0 amide bonds. The van der Waals surface area contributed by atoms with E-state index >= 15 is 0 Å². The van der Waals surface area contributed by atoms with Gasteiger partial charge in [-0.25, -0.2) is 0 Å². The summed E-state index contributed by atoms with van der Waals surface area (Å²) in [6, 6.07) is 0. The maximum Gasteiger partial charge on any atom is 0.0455 e. The number of fused-ring (bicyclic) bond motifs is 2. The van der Waals surface area contributed by atoms with Crippen LogP contribution < -0.4 is 5.32 Å². The number of hydrogen-bond acceptors (Lipinski definition) is 1. The zero-order valence-electron chi connectivity index (χ0n) is 11.5. The van der Waals surface area contributed by atoms with Crippen molar-refractivity contribution in [1.29, 1.82) is 0 Å². The quantitative estimate of drug-likeness (QED) is 0.842. The first kappa shape index (κ1) is 12.5. The highest BCUT2D eigenvalue weighted by molar-refractivity contribution is 5.74. The van der Waals surface area contributed by atoms with Gasteiger partial charge in [0, 0.05) is 34.3 Å². The lowest BCUT2D eigenvalue weighted by Gasteiger charge is -2.19. The second-order valence-corrected chi connectivity index (χ2v) is 5.01. The van der Waals surface area contributed by atoms with E-state index in [1.54, 1.807) is 0 Å². The monoisotopic (exact) mass is 262 g/mol. The molecule has 1 atom stereocenters. The molecule has 0 spiro atoms. The van der Waals surface area contributed by atoms with E-state index in [4.69, 9.17) is 0 Å². The molecule has 100 valence electrons. The third kappa shape index (κ3) is 1.58. The lowest BCUT2D eigenvalue weighted by atomic mass is 9.85. The summed E-state index contributed by atoms with van der Waals surface area (Å²) < 4.78 is 0. The van der Waals surface area contributed by atoms with E-state index in [-0.39, 0.29) is 0 Å². The van der Waals surface area contributed by atoms with Crippen molar-refractivity contribution in [3.05, 3.63) is 77.9 Å². The van der Waals surface area contributed by atoms with E-state index in [1.165, 1.54) is 16.8 Å². The maximum absolute atomic E-state index is 3.93. The van der Waals surface area contributed by atoms with Crippen molar-refractivity contribution in [3.8, 4) is 0 Å². The zero-order valence-corrected chi connectivity index (χ0v) is 11.5. The topological polar surface area (TPSA) is 27.8 Å². The van der Waals surface area contributed by atoms with Gasteiger partial charge in [0.15, 0.2) is 0 Å². The molecule has 0 bridgehead atoms. The highest BCUT2D eigenvalue weighted by atomic mass is 14.9.